The molecule has 0 saturated carbocycles. The number of nitrogens with two attached hydrogens (primary N) is 1. The summed E-state index contributed by atoms with van der Waals surface area (Å²) < 4.78 is 6.86. The zero-order chi connectivity index (χ0) is 16.0. The van der Waals surface area contributed by atoms with Crippen LogP contribution in [0.1, 0.15) is 33.3 Å². The second-order valence-corrected chi connectivity index (χ2v) is 6.12. The van der Waals surface area contributed by atoms with E-state index in [1.807, 2.05) is 39.0 Å². The average molecular weight is 357 g/mol. The van der Waals surface area contributed by atoms with E-state index in [1.54, 1.807) is 11.8 Å². The smallest absolute Gasteiger partial charge is 0.263 e. The van der Waals surface area contributed by atoms with Gasteiger partial charge in [0.05, 0.1) is 0 Å². The molecular weight excluding hydrogens is 332 g/mol. The van der Waals surface area contributed by atoms with Gasteiger partial charge in [0, 0.05) is 23.6 Å². The molecule has 1 rings (SSSR count). The largest absolute Gasteiger partial charge is 0.481 e. The van der Waals surface area contributed by atoms with Crippen LogP contribution in [0.25, 0.3) is 0 Å². The second-order valence-electron chi connectivity index (χ2n) is 5.20. The van der Waals surface area contributed by atoms with Gasteiger partial charge in [0.15, 0.2) is 6.10 Å². The van der Waals surface area contributed by atoms with Crippen LogP contribution in [0.5, 0.6) is 5.75 Å². The van der Waals surface area contributed by atoms with Crippen molar-refractivity contribution in [3.05, 3.63) is 28.2 Å². The highest BCUT2D eigenvalue weighted by Gasteiger charge is 2.21. The van der Waals surface area contributed by atoms with E-state index in [9.17, 15) is 4.79 Å². The first-order valence-corrected chi connectivity index (χ1v) is 8.17. The zero-order valence-electron chi connectivity index (χ0n) is 13.2. The Hall–Kier alpha value is -1.07. The molecule has 5 heteroatoms. The number of carbonyl (C=O) groups is 1. The van der Waals surface area contributed by atoms with Gasteiger partial charge >= 0.3 is 0 Å². The average Bonchev–Trinajstić information content (AvgIpc) is 2.42. The van der Waals surface area contributed by atoms with Crippen molar-refractivity contribution in [2.24, 2.45) is 5.73 Å². The summed E-state index contributed by atoms with van der Waals surface area (Å²) in [5.74, 6) is 0.734. The van der Waals surface area contributed by atoms with Gasteiger partial charge in [0.2, 0.25) is 0 Å². The Bertz CT molecular complexity index is 473. The van der Waals surface area contributed by atoms with Gasteiger partial charge in [-0.15, -0.1) is 0 Å². The van der Waals surface area contributed by atoms with E-state index in [1.165, 1.54) is 0 Å². The van der Waals surface area contributed by atoms with Crippen LogP contribution in [0.3, 0.4) is 0 Å². The number of hydrogen-bond acceptors (Lipinski definition) is 3. The quantitative estimate of drug-likeness (QED) is 0.816. The van der Waals surface area contributed by atoms with Crippen molar-refractivity contribution in [3.63, 3.8) is 0 Å². The molecule has 0 bridgehead atoms. The second kappa shape index (κ2) is 8.39. The first-order valence-electron chi connectivity index (χ1n) is 7.38. The Morgan fingerprint density at radius 3 is 2.48 bits per heavy atom. The zero-order valence-corrected chi connectivity index (χ0v) is 14.8. The highest BCUT2D eigenvalue weighted by molar-refractivity contribution is 9.10. The summed E-state index contributed by atoms with van der Waals surface area (Å²) in [4.78, 5) is 14.0. The van der Waals surface area contributed by atoms with Gasteiger partial charge in [0.25, 0.3) is 5.91 Å². The van der Waals surface area contributed by atoms with Gasteiger partial charge < -0.3 is 15.4 Å². The molecule has 21 heavy (non-hydrogen) atoms. The molecule has 4 nitrogen and oxygen atoms in total. The SMILES string of the molecule is CCN(CC)C(=O)C(C)Oc1ccc(Br)cc1CC(C)N. The molecule has 2 N–H and O–H groups in total. The Morgan fingerprint density at radius 2 is 1.95 bits per heavy atom. The molecule has 0 aromatic heterocycles. The number of hydrogen-bond donors (Lipinski definition) is 1. The van der Waals surface area contributed by atoms with Crippen LogP contribution < -0.4 is 10.5 Å². The Balaban J connectivity index is 2.88. The number of halogens is 1. The van der Waals surface area contributed by atoms with Crippen molar-refractivity contribution in [1.82, 2.24) is 4.90 Å². The monoisotopic (exact) mass is 356 g/mol. The van der Waals surface area contributed by atoms with Gasteiger partial charge in [-0.05, 0) is 57.9 Å². The molecule has 0 saturated heterocycles. The van der Waals surface area contributed by atoms with Crippen molar-refractivity contribution in [1.29, 1.82) is 0 Å². The fraction of sp³-hybridized carbons (Fsp3) is 0.562. The van der Waals surface area contributed by atoms with E-state index in [4.69, 9.17) is 10.5 Å². The topological polar surface area (TPSA) is 55.6 Å². The molecule has 0 spiro atoms. The molecule has 0 aliphatic rings. The standard InChI is InChI=1S/C16H25BrN2O2/c1-5-19(6-2)16(20)12(4)21-15-8-7-14(17)10-13(15)9-11(3)18/h7-8,10-12H,5-6,9,18H2,1-4H3. The van der Waals surface area contributed by atoms with E-state index in [2.05, 4.69) is 15.9 Å². The normalized spacial score (nSPS) is 13.6. The van der Waals surface area contributed by atoms with E-state index >= 15 is 0 Å². The van der Waals surface area contributed by atoms with E-state index in [-0.39, 0.29) is 11.9 Å². The number of likely N-dealkylation sites (N-methyl/N-ethyl adjacent to an activating group) is 1. The van der Waals surface area contributed by atoms with Crippen LogP contribution in [0.2, 0.25) is 0 Å². The maximum atomic E-state index is 12.3. The summed E-state index contributed by atoms with van der Waals surface area (Å²) in [6.07, 6.45) is 0.207. The third-order valence-corrected chi connectivity index (χ3v) is 3.78. The molecular formula is C16H25BrN2O2. The van der Waals surface area contributed by atoms with E-state index in [0.29, 0.717) is 19.5 Å². The molecule has 0 radical (unpaired) electrons. The fourth-order valence-electron chi connectivity index (χ4n) is 2.20. The maximum absolute atomic E-state index is 12.3. The molecule has 0 heterocycles. The summed E-state index contributed by atoms with van der Waals surface area (Å²) in [7, 11) is 0. The summed E-state index contributed by atoms with van der Waals surface area (Å²) in [6.45, 7) is 9.06. The van der Waals surface area contributed by atoms with Crippen LogP contribution in [0.15, 0.2) is 22.7 Å². The minimum absolute atomic E-state index is 0.00895. The Labute approximate surface area is 135 Å². The van der Waals surface area contributed by atoms with Crippen molar-refractivity contribution < 1.29 is 9.53 Å². The lowest BCUT2D eigenvalue weighted by Gasteiger charge is -2.24. The van der Waals surface area contributed by atoms with Crippen LogP contribution in [-0.4, -0.2) is 36.0 Å². The number of nitrogens with zero attached hydrogens (tertiary/aromatic N) is 1. The molecule has 2 atom stereocenters. The minimum atomic E-state index is -0.502. The Kier molecular flexibility index (Phi) is 7.18. The maximum Gasteiger partial charge on any atom is 0.263 e. The predicted molar refractivity (Wildman–Crippen MR) is 89.5 cm³/mol. The lowest BCUT2D eigenvalue weighted by atomic mass is 10.1. The highest BCUT2D eigenvalue weighted by Crippen LogP contribution is 2.25. The van der Waals surface area contributed by atoms with Crippen LogP contribution in [0, 0.1) is 0 Å². The molecule has 0 aliphatic heterocycles. The number of ether oxygens (including phenoxy) is 1. The van der Waals surface area contributed by atoms with Gasteiger partial charge in [-0.1, -0.05) is 15.9 Å². The summed E-state index contributed by atoms with van der Waals surface area (Å²) in [5, 5.41) is 0. The van der Waals surface area contributed by atoms with E-state index in [0.717, 1.165) is 15.8 Å². The first-order chi connectivity index (χ1) is 9.88. The summed E-state index contributed by atoms with van der Waals surface area (Å²) >= 11 is 3.46. The van der Waals surface area contributed by atoms with Crippen molar-refractivity contribution >= 4 is 21.8 Å². The molecule has 1 amide bonds. The van der Waals surface area contributed by atoms with Gasteiger partial charge in [-0.25, -0.2) is 0 Å². The van der Waals surface area contributed by atoms with Crippen molar-refractivity contribution in [3.8, 4) is 5.75 Å². The number of carbonyl (C=O) groups excluding carboxylic acids is 1. The lowest BCUT2D eigenvalue weighted by molar-refractivity contribution is -0.137. The van der Waals surface area contributed by atoms with Gasteiger partial charge in [-0.3, -0.25) is 4.79 Å². The molecule has 1 aromatic carbocycles. The summed E-state index contributed by atoms with van der Waals surface area (Å²) in [6, 6.07) is 5.82. The van der Waals surface area contributed by atoms with E-state index < -0.39 is 6.10 Å². The molecule has 0 aliphatic carbocycles. The predicted octanol–water partition coefficient (Wildman–Crippen LogP) is 2.97. The Morgan fingerprint density at radius 1 is 1.33 bits per heavy atom. The fourth-order valence-corrected chi connectivity index (χ4v) is 2.61. The number of benzene rings is 1. The van der Waals surface area contributed by atoms with Crippen LogP contribution >= 0.6 is 15.9 Å². The van der Waals surface area contributed by atoms with Gasteiger partial charge in [-0.2, -0.15) is 0 Å². The van der Waals surface area contributed by atoms with Crippen molar-refractivity contribution in [2.45, 2.75) is 46.3 Å². The lowest BCUT2D eigenvalue weighted by Crippen LogP contribution is -2.40. The first kappa shape index (κ1) is 18.0. The number of rotatable bonds is 7. The number of amides is 1. The molecule has 2 unspecified atom stereocenters. The van der Waals surface area contributed by atoms with Crippen molar-refractivity contribution in [2.75, 3.05) is 13.1 Å². The van der Waals surface area contributed by atoms with Crippen LogP contribution in [0.4, 0.5) is 0 Å². The van der Waals surface area contributed by atoms with Crippen LogP contribution in [-0.2, 0) is 11.2 Å². The van der Waals surface area contributed by atoms with Gasteiger partial charge in [0.1, 0.15) is 5.75 Å². The third kappa shape index (κ3) is 5.32. The third-order valence-electron chi connectivity index (χ3n) is 3.29. The highest BCUT2D eigenvalue weighted by atomic mass is 79.9. The summed E-state index contributed by atoms with van der Waals surface area (Å²) in [5.41, 5.74) is 6.89. The minimum Gasteiger partial charge on any atom is -0.481 e. The molecule has 118 valence electrons. The molecule has 1 aromatic rings. The molecule has 0 fully saturated rings.